The van der Waals surface area contributed by atoms with Gasteiger partial charge < -0.3 is 14.8 Å². The first-order valence-electron chi connectivity index (χ1n) is 11.0. The average molecular weight is 459 g/mol. The number of imidazole rings is 1. The normalized spacial score (nSPS) is 13.1. The molecule has 3 aromatic carbocycles. The van der Waals surface area contributed by atoms with E-state index in [0.717, 1.165) is 29.6 Å². The number of carbonyl (C=O) groups is 2. The van der Waals surface area contributed by atoms with Gasteiger partial charge in [-0.05, 0) is 60.9 Å². The van der Waals surface area contributed by atoms with Crippen molar-refractivity contribution in [3.63, 3.8) is 0 Å². The molecule has 0 saturated carbocycles. The number of carbonyl (C=O) groups excluding carboxylic acids is 2. The quantitative estimate of drug-likeness (QED) is 0.475. The highest BCUT2D eigenvalue weighted by atomic mass is 35.5. The van der Waals surface area contributed by atoms with Gasteiger partial charge in [0.15, 0.2) is 0 Å². The third-order valence-corrected chi connectivity index (χ3v) is 6.20. The molecule has 5 rings (SSSR count). The Morgan fingerprint density at radius 3 is 2.58 bits per heavy atom. The van der Waals surface area contributed by atoms with E-state index >= 15 is 0 Å². The molecule has 0 bridgehead atoms. The van der Waals surface area contributed by atoms with Crippen LogP contribution in [-0.4, -0.2) is 27.9 Å². The molecule has 0 spiro atoms. The van der Waals surface area contributed by atoms with E-state index in [1.54, 1.807) is 24.3 Å². The van der Waals surface area contributed by atoms with E-state index in [1.165, 1.54) is 5.56 Å². The van der Waals surface area contributed by atoms with Crippen LogP contribution < -0.4 is 10.2 Å². The minimum absolute atomic E-state index is 0.00980. The molecule has 1 aliphatic heterocycles. The second kappa shape index (κ2) is 9.08. The number of halogens is 1. The summed E-state index contributed by atoms with van der Waals surface area (Å²) in [5, 5.41) is 3.49. The minimum Gasteiger partial charge on any atom is -0.345 e. The van der Waals surface area contributed by atoms with Gasteiger partial charge in [-0.25, -0.2) is 4.98 Å². The molecule has 0 aliphatic carbocycles. The van der Waals surface area contributed by atoms with E-state index in [2.05, 4.69) is 11.4 Å². The maximum absolute atomic E-state index is 13.4. The fourth-order valence-corrected chi connectivity index (χ4v) is 4.44. The van der Waals surface area contributed by atoms with Gasteiger partial charge in [0.1, 0.15) is 12.4 Å². The summed E-state index contributed by atoms with van der Waals surface area (Å²) in [5.74, 6) is 0.425. The number of para-hydroxylation sites is 3. The monoisotopic (exact) mass is 458 g/mol. The van der Waals surface area contributed by atoms with E-state index in [9.17, 15) is 9.59 Å². The van der Waals surface area contributed by atoms with Crippen molar-refractivity contribution in [2.75, 3.05) is 11.4 Å². The summed E-state index contributed by atoms with van der Waals surface area (Å²) in [7, 11) is 0. The van der Waals surface area contributed by atoms with Gasteiger partial charge in [0.25, 0.3) is 5.91 Å². The molecule has 0 unspecified atom stereocenters. The lowest BCUT2D eigenvalue weighted by Gasteiger charge is -2.29. The lowest BCUT2D eigenvalue weighted by molar-refractivity contribution is -0.119. The third-order valence-electron chi connectivity index (χ3n) is 5.95. The SMILES string of the molecule is O=C(NCc1nc2ccccc2n1CC(=O)N1CCCc2ccccc21)c1ccc(Cl)cc1. The number of aryl methyl sites for hydroxylation is 1. The molecular formula is C26H23ClN4O2. The Kier molecular flexibility index (Phi) is 5.84. The second-order valence-corrected chi connectivity index (χ2v) is 8.51. The van der Waals surface area contributed by atoms with Gasteiger partial charge in [-0.2, -0.15) is 0 Å². The maximum atomic E-state index is 13.4. The highest BCUT2D eigenvalue weighted by molar-refractivity contribution is 6.30. The Hall–Kier alpha value is -3.64. The van der Waals surface area contributed by atoms with Gasteiger partial charge in [-0.1, -0.05) is 41.9 Å². The molecule has 33 heavy (non-hydrogen) atoms. The van der Waals surface area contributed by atoms with Crippen LogP contribution in [-0.2, 0) is 24.3 Å². The van der Waals surface area contributed by atoms with Crippen LogP contribution in [0.15, 0.2) is 72.8 Å². The summed E-state index contributed by atoms with van der Waals surface area (Å²) in [4.78, 5) is 32.5. The number of rotatable bonds is 5. The van der Waals surface area contributed by atoms with Crippen molar-refractivity contribution < 1.29 is 9.59 Å². The topological polar surface area (TPSA) is 67.2 Å². The van der Waals surface area contributed by atoms with Crippen molar-refractivity contribution in [2.45, 2.75) is 25.9 Å². The van der Waals surface area contributed by atoms with Crippen LogP contribution in [0.1, 0.15) is 28.2 Å². The summed E-state index contributed by atoms with van der Waals surface area (Å²) in [5.41, 5.74) is 4.36. The molecule has 0 saturated heterocycles. The van der Waals surface area contributed by atoms with Crippen LogP contribution in [0.2, 0.25) is 5.02 Å². The first kappa shape index (κ1) is 21.2. The van der Waals surface area contributed by atoms with Crippen LogP contribution in [0.3, 0.4) is 0 Å². The second-order valence-electron chi connectivity index (χ2n) is 8.07. The summed E-state index contributed by atoms with van der Waals surface area (Å²) in [6.07, 6.45) is 1.92. The van der Waals surface area contributed by atoms with Gasteiger partial charge in [-0.3, -0.25) is 9.59 Å². The lowest BCUT2D eigenvalue weighted by Crippen LogP contribution is -2.38. The molecule has 0 atom stereocenters. The number of hydrogen-bond acceptors (Lipinski definition) is 3. The van der Waals surface area contributed by atoms with Crippen molar-refractivity contribution in [3.8, 4) is 0 Å². The van der Waals surface area contributed by atoms with Gasteiger partial charge in [-0.15, -0.1) is 0 Å². The van der Waals surface area contributed by atoms with Gasteiger partial charge >= 0.3 is 0 Å². The zero-order valence-corrected chi connectivity index (χ0v) is 18.8. The van der Waals surface area contributed by atoms with Crippen molar-refractivity contribution >= 4 is 40.1 Å². The number of amides is 2. The highest BCUT2D eigenvalue weighted by Crippen LogP contribution is 2.27. The predicted octanol–water partition coefficient (Wildman–Crippen LogP) is 4.60. The molecule has 2 heterocycles. The molecule has 7 heteroatoms. The molecule has 4 aromatic rings. The highest BCUT2D eigenvalue weighted by Gasteiger charge is 2.24. The third kappa shape index (κ3) is 4.34. The van der Waals surface area contributed by atoms with Crippen LogP contribution in [0, 0.1) is 0 Å². The Balaban J connectivity index is 1.40. The van der Waals surface area contributed by atoms with Crippen LogP contribution in [0.25, 0.3) is 11.0 Å². The molecule has 1 aromatic heterocycles. The number of nitrogens with one attached hydrogen (secondary N) is 1. The molecule has 166 valence electrons. The average Bonchev–Trinajstić information content (AvgIpc) is 3.19. The standard InChI is InChI=1S/C26H23ClN4O2/c27-20-13-11-19(12-14-20)26(33)28-16-24-29-21-8-2-4-10-23(21)31(24)17-25(32)30-15-5-7-18-6-1-3-9-22(18)30/h1-4,6,8-14H,5,7,15-17H2,(H,28,33). The summed E-state index contributed by atoms with van der Waals surface area (Å²) in [6, 6.07) is 22.5. The van der Waals surface area contributed by atoms with E-state index in [0.29, 0.717) is 23.0 Å². The van der Waals surface area contributed by atoms with Crippen LogP contribution >= 0.6 is 11.6 Å². The van der Waals surface area contributed by atoms with E-state index < -0.39 is 0 Å². The van der Waals surface area contributed by atoms with E-state index in [-0.39, 0.29) is 24.9 Å². The van der Waals surface area contributed by atoms with Crippen LogP contribution in [0.5, 0.6) is 0 Å². The maximum Gasteiger partial charge on any atom is 0.251 e. The molecule has 1 N–H and O–H groups in total. The fraction of sp³-hybridized carbons (Fsp3) is 0.192. The first-order valence-corrected chi connectivity index (χ1v) is 11.3. The minimum atomic E-state index is -0.221. The summed E-state index contributed by atoms with van der Waals surface area (Å²) in [6.45, 7) is 1.06. The van der Waals surface area contributed by atoms with Crippen molar-refractivity contribution in [3.05, 3.63) is 94.8 Å². The number of hydrogen-bond donors (Lipinski definition) is 1. The van der Waals surface area contributed by atoms with Gasteiger partial charge in [0, 0.05) is 22.8 Å². The zero-order valence-electron chi connectivity index (χ0n) is 18.0. The number of fused-ring (bicyclic) bond motifs is 2. The summed E-state index contributed by atoms with van der Waals surface area (Å²) < 4.78 is 1.90. The predicted molar refractivity (Wildman–Crippen MR) is 129 cm³/mol. The van der Waals surface area contributed by atoms with Gasteiger partial charge in [0.2, 0.25) is 5.91 Å². The Labute approximate surface area is 196 Å². The first-order chi connectivity index (χ1) is 16.1. The van der Waals surface area contributed by atoms with Crippen molar-refractivity contribution in [2.24, 2.45) is 0 Å². The lowest BCUT2D eigenvalue weighted by atomic mass is 10.0. The molecule has 1 aliphatic rings. The summed E-state index contributed by atoms with van der Waals surface area (Å²) >= 11 is 5.92. The molecular weight excluding hydrogens is 436 g/mol. The fourth-order valence-electron chi connectivity index (χ4n) is 4.31. The number of anilines is 1. The number of benzene rings is 3. The van der Waals surface area contributed by atoms with Gasteiger partial charge in [0.05, 0.1) is 17.6 Å². The van der Waals surface area contributed by atoms with Crippen molar-refractivity contribution in [1.82, 2.24) is 14.9 Å². The zero-order chi connectivity index (χ0) is 22.8. The Morgan fingerprint density at radius 1 is 0.970 bits per heavy atom. The number of nitrogens with zero attached hydrogens (tertiary/aromatic N) is 3. The molecule has 0 radical (unpaired) electrons. The van der Waals surface area contributed by atoms with Crippen molar-refractivity contribution in [1.29, 1.82) is 0 Å². The Morgan fingerprint density at radius 2 is 1.73 bits per heavy atom. The molecule has 6 nitrogen and oxygen atoms in total. The van der Waals surface area contributed by atoms with Crippen LogP contribution in [0.4, 0.5) is 5.69 Å². The van der Waals surface area contributed by atoms with E-state index in [1.807, 2.05) is 51.9 Å². The largest absolute Gasteiger partial charge is 0.345 e. The molecule has 0 fully saturated rings. The molecule has 2 amide bonds. The Bertz CT molecular complexity index is 1330. The number of aromatic nitrogens is 2. The smallest absolute Gasteiger partial charge is 0.251 e. The van der Waals surface area contributed by atoms with E-state index in [4.69, 9.17) is 16.6 Å².